The standard InChI is InChI=1S/C19H20FNO3/c1-14-6-8-15(9-7-14)19(22)21-10-11-23-16(12-21)13-24-18-5-3-2-4-17(18)20/h2-9,16H,10-13H2,1H3. The van der Waals surface area contributed by atoms with E-state index in [1.54, 1.807) is 23.1 Å². The number of carbonyl (C=O) groups is 1. The third kappa shape index (κ3) is 3.92. The highest BCUT2D eigenvalue weighted by atomic mass is 19.1. The van der Waals surface area contributed by atoms with Crippen molar-refractivity contribution in [1.29, 1.82) is 0 Å². The Hall–Kier alpha value is -2.40. The minimum Gasteiger partial charge on any atom is -0.488 e. The maximum atomic E-state index is 13.6. The minimum atomic E-state index is -0.402. The molecule has 24 heavy (non-hydrogen) atoms. The number of ether oxygens (including phenoxy) is 2. The van der Waals surface area contributed by atoms with Crippen LogP contribution in [0, 0.1) is 12.7 Å². The van der Waals surface area contributed by atoms with Gasteiger partial charge in [-0.25, -0.2) is 4.39 Å². The van der Waals surface area contributed by atoms with Crippen LogP contribution in [0.15, 0.2) is 48.5 Å². The Balaban J connectivity index is 1.59. The summed E-state index contributed by atoms with van der Waals surface area (Å²) in [7, 11) is 0. The summed E-state index contributed by atoms with van der Waals surface area (Å²) in [6.45, 7) is 3.62. The first kappa shape index (κ1) is 16.5. The number of morpholine rings is 1. The topological polar surface area (TPSA) is 38.8 Å². The van der Waals surface area contributed by atoms with E-state index in [1.165, 1.54) is 6.07 Å². The summed E-state index contributed by atoms with van der Waals surface area (Å²) >= 11 is 0. The summed E-state index contributed by atoms with van der Waals surface area (Å²) in [5.41, 5.74) is 1.78. The lowest BCUT2D eigenvalue weighted by Crippen LogP contribution is -2.47. The Morgan fingerprint density at radius 2 is 2.00 bits per heavy atom. The van der Waals surface area contributed by atoms with Gasteiger partial charge in [-0.1, -0.05) is 29.8 Å². The summed E-state index contributed by atoms with van der Waals surface area (Å²) in [6, 6.07) is 13.8. The highest BCUT2D eigenvalue weighted by Gasteiger charge is 2.25. The maximum absolute atomic E-state index is 13.6. The first-order chi connectivity index (χ1) is 11.6. The molecule has 0 N–H and O–H groups in total. The predicted octanol–water partition coefficient (Wildman–Crippen LogP) is 3.05. The molecule has 1 saturated heterocycles. The van der Waals surface area contributed by atoms with E-state index in [0.717, 1.165) is 5.56 Å². The van der Waals surface area contributed by atoms with Crippen LogP contribution >= 0.6 is 0 Å². The fourth-order valence-corrected chi connectivity index (χ4v) is 2.63. The molecule has 5 heteroatoms. The van der Waals surface area contributed by atoms with E-state index in [0.29, 0.717) is 25.3 Å². The number of amides is 1. The van der Waals surface area contributed by atoms with E-state index in [2.05, 4.69) is 0 Å². The second-order valence-corrected chi connectivity index (χ2v) is 5.85. The fourth-order valence-electron chi connectivity index (χ4n) is 2.63. The van der Waals surface area contributed by atoms with Crippen LogP contribution < -0.4 is 4.74 Å². The Morgan fingerprint density at radius 3 is 2.75 bits per heavy atom. The second kappa shape index (κ2) is 7.45. The van der Waals surface area contributed by atoms with Gasteiger partial charge in [0, 0.05) is 12.1 Å². The van der Waals surface area contributed by atoms with Gasteiger partial charge in [-0.05, 0) is 31.2 Å². The molecule has 3 rings (SSSR count). The number of halogens is 1. The van der Waals surface area contributed by atoms with Crippen LogP contribution in [0.1, 0.15) is 15.9 Å². The maximum Gasteiger partial charge on any atom is 0.254 e. The third-order valence-electron chi connectivity index (χ3n) is 3.99. The van der Waals surface area contributed by atoms with Gasteiger partial charge in [-0.15, -0.1) is 0 Å². The molecule has 4 nitrogen and oxygen atoms in total. The molecule has 1 heterocycles. The van der Waals surface area contributed by atoms with E-state index in [9.17, 15) is 9.18 Å². The van der Waals surface area contributed by atoms with Crippen molar-refractivity contribution in [2.75, 3.05) is 26.3 Å². The number of aryl methyl sites for hydroxylation is 1. The van der Waals surface area contributed by atoms with Crippen molar-refractivity contribution < 1.29 is 18.7 Å². The minimum absolute atomic E-state index is 0.0193. The molecule has 1 fully saturated rings. The van der Waals surface area contributed by atoms with E-state index in [4.69, 9.17) is 9.47 Å². The van der Waals surface area contributed by atoms with Gasteiger partial charge in [-0.2, -0.15) is 0 Å². The van der Waals surface area contributed by atoms with Gasteiger partial charge in [0.05, 0.1) is 13.2 Å². The number of hydrogen-bond donors (Lipinski definition) is 0. The summed E-state index contributed by atoms with van der Waals surface area (Å²) in [6.07, 6.45) is -0.271. The summed E-state index contributed by atoms with van der Waals surface area (Å²) < 4.78 is 24.7. The molecule has 0 radical (unpaired) electrons. The lowest BCUT2D eigenvalue weighted by atomic mass is 10.1. The zero-order valence-electron chi connectivity index (χ0n) is 13.6. The van der Waals surface area contributed by atoms with Crippen LogP contribution in [0.25, 0.3) is 0 Å². The van der Waals surface area contributed by atoms with Gasteiger partial charge in [-0.3, -0.25) is 4.79 Å². The number of nitrogens with zero attached hydrogens (tertiary/aromatic N) is 1. The number of carbonyl (C=O) groups excluding carboxylic acids is 1. The Labute approximate surface area is 140 Å². The van der Waals surface area contributed by atoms with Crippen molar-refractivity contribution in [3.05, 3.63) is 65.5 Å². The van der Waals surface area contributed by atoms with Crippen LogP contribution in [0.5, 0.6) is 5.75 Å². The fraction of sp³-hybridized carbons (Fsp3) is 0.316. The lowest BCUT2D eigenvalue weighted by Gasteiger charge is -2.33. The van der Waals surface area contributed by atoms with Gasteiger partial charge in [0.1, 0.15) is 12.7 Å². The van der Waals surface area contributed by atoms with E-state index < -0.39 is 5.82 Å². The van der Waals surface area contributed by atoms with Gasteiger partial charge >= 0.3 is 0 Å². The molecule has 2 aromatic carbocycles. The molecule has 1 amide bonds. The molecule has 0 spiro atoms. The normalized spacial score (nSPS) is 17.6. The molecule has 0 bridgehead atoms. The Bertz CT molecular complexity index is 702. The van der Waals surface area contributed by atoms with E-state index in [-0.39, 0.29) is 24.4 Å². The molecule has 1 aliphatic heterocycles. The molecular weight excluding hydrogens is 309 g/mol. The first-order valence-electron chi connectivity index (χ1n) is 7.98. The summed E-state index contributed by atoms with van der Waals surface area (Å²) in [4.78, 5) is 14.3. The second-order valence-electron chi connectivity index (χ2n) is 5.85. The SMILES string of the molecule is Cc1ccc(C(=O)N2CCOC(COc3ccccc3F)C2)cc1. The van der Waals surface area contributed by atoms with Crippen molar-refractivity contribution in [2.45, 2.75) is 13.0 Å². The smallest absolute Gasteiger partial charge is 0.254 e. The average molecular weight is 329 g/mol. The molecule has 126 valence electrons. The third-order valence-corrected chi connectivity index (χ3v) is 3.99. The van der Waals surface area contributed by atoms with Crippen molar-refractivity contribution in [1.82, 2.24) is 4.90 Å². The Kier molecular flexibility index (Phi) is 5.11. The van der Waals surface area contributed by atoms with Gasteiger partial charge in [0.2, 0.25) is 0 Å². The van der Waals surface area contributed by atoms with Gasteiger partial charge < -0.3 is 14.4 Å². The van der Waals surface area contributed by atoms with Crippen LogP contribution in [0.3, 0.4) is 0 Å². The van der Waals surface area contributed by atoms with Crippen molar-refractivity contribution in [3.8, 4) is 5.75 Å². The molecule has 1 atom stereocenters. The molecular formula is C19H20FNO3. The number of benzene rings is 2. The van der Waals surface area contributed by atoms with Gasteiger partial charge in [0.25, 0.3) is 5.91 Å². The molecule has 0 aliphatic carbocycles. The quantitative estimate of drug-likeness (QED) is 0.865. The zero-order valence-corrected chi connectivity index (χ0v) is 13.6. The van der Waals surface area contributed by atoms with Crippen molar-refractivity contribution >= 4 is 5.91 Å². The summed E-state index contributed by atoms with van der Waals surface area (Å²) in [5.74, 6) is -0.224. The highest BCUT2D eigenvalue weighted by molar-refractivity contribution is 5.94. The van der Waals surface area contributed by atoms with Crippen molar-refractivity contribution in [2.24, 2.45) is 0 Å². The number of para-hydroxylation sites is 1. The molecule has 0 saturated carbocycles. The molecule has 2 aromatic rings. The molecule has 0 aromatic heterocycles. The number of rotatable bonds is 4. The van der Waals surface area contributed by atoms with E-state index >= 15 is 0 Å². The van der Waals surface area contributed by atoms with Crippen molar-refractivity contribution in [3.63, 3.8) is 0 Å². The van der Waals surface area contributed by atoms with Crippen LogP contribution in [0.2, 0.25) is 0 Å². The van der Waals surface area contributed by atoms with Crippen LogP contribution in [-0.4, -0.2) is 43.2 Å². The molecule has 1 aliphatic rings. The Morgan fingerprint density at radius 1 is 1.25 bits per heavy atom. The zero-order chi connectivity index (χ0) is 16.9. The van der Waals surface area contributed by atoms with Crippen LogP contribution in [-0.2, 0) is 4.74 Å². The predicted molar refractivity (Wildman–Crippen MR) is 88.7 cm³/mol. The average Bonchev–Trinajstić information content (AvgIpc) is 2.61. The highest BCUT2D eigenvalue weighted by Crippen LogP contribution is 2.17. The largest absolute Gasteiger partial charge is 0.488 e. The molecule has 1 unspecified atom stereocenters. The number of hydrogen-bond acceptors (Lipinski definition) is 3. The van der Waals surface area contributed by atoms with E-state index in [1.807, 2.05) is 31.2 Å². The summed E-state index contributed by atoms with van der Waals surface area (Å²) in [5, 5.41) is 0. The first-order valence-corrected chi connectivity index (χ1v) is 7.98. The van der Waals surface area contributed by atoms with Gasteiger partial charge in [0.15, 0.2) is 11.6 Å². The lowest BCUT2D eigenvalue weighted by molar-refractivity contribution is -0.0405. The monoisotopic (exact) mass is 329 g/mol. The van der Waals surface area contributed by atoms with Crippen LogP contribution in [0.4, 0.5) is 4.39 Å².